The average molecular weight is 172 g/mol. The summed E-state index contributed by atoms with van der Waals surface area (Å²) in [5.41, 5.74) is 0. The van der Waals surface area contributed by atoms with E-state index in [1.165, 1.54) is 0 Å². The monoisotopic (exact) mass is 172 g/mol. The van der Waals surface area contributed by atoms with Gasteiger partial charge in [0.15, 0.2) is 0 Å². The topological polar surface area (TPSA) is 17.1 Å². The maximum atomic E-state index is 11.6. The van der Waals surface area contributed by atoms with Crippen LogP contribution in [0.2, 0.25) is 0 Å². The van der Waals surface area contributed by atoms with Gasteiger partial charge in [0, 0.05) is 23.3 Å². The Morgan fingerprint density at radius 2 is 1.73 bits per heavy atom. The van der Waals surface area contributed by atoms with Gasteiger partial charge in [0.1, 0.15) is 5.78 Å². The highest BCUT2D eigenvalue weighted by Gasteiger charge is 2.28. The molecule has 1 aliphatic rings. The molecule has 11 heavy (non-hydrogen) atoms. The minimum atomic E-state index is 0.360. The lowest BCUT2D eigenvalue weighted by Gasteiger charge is -2.25. The van der Waals surface area contributed by atoms with Crippen LogP contribution >= 0.6 is 11.8 Å². The first-order valence-corrected chi connectivity index (χ1v) is 5.56. The maximum absolute atomic E-state index is 11.6. The van der Waals surface area contributed by atoms with Crippen LogP contribution in [-0.2, 0) is 4.79 Å². The van der Waals surface area contributed by atoms with Gasteiger partial charge in [0.2, 0.25) is 0 Å². The van der Waals surface area contributed by atoms with Gasteiger partial charge < -0.3 is 0 Å². The Balaban J connectivity index is 2.52. The van der Waals surface area contributed by atoms with E-state index < -0.39 is 0 Å². The predicted octanol–water partition coefficient (Wildman–Crippen LogP) is 2.35. The van der Waals surface area contributed by atoms with E-state index in [0.29, 0.717) is 17.6 Å². The van der Waals surface area contributed by atoms with Gasteiger partial charge in [-0.15, -0.1) is 0 Å². The van der Waals surface area contributed by atoms with Crippen LogP contribution in [0.3, 0.4) is 0 Å². The summed E-state index contributed by atoms with van der Waals surface area (Å²) in [6, 6.07) is 0. The second-order valence-electron chi connectivity index (χ2n) is 3.15. The molecule has 1 nitrogen and oxygen atoms in total. The lowest BCUT2D eigenvalue weighted by atomic mass is 9.91. The van der Waals surface area contributed by atoms with E-state index >= 15 is 0 Å². The molecule has 2 heteroatoms. The van der Waals surface area contributed by atoms with Gasteiger partial charge in [0.05, 0.1) is 0 Å². The number of carbonyl (C=O) groups is 1. The van der Waals surface area contributed by atoms with E-state index in [4.69, 9.17) is 0 Å². The Bertz CT molecular complexity index is 130. The lowest BCUT2D eigenvalue weighted by Crippen LogP contribution is -2.30. The van der Waals surface area contributed by atoms with Crippen LogP contribution in [0, 0.1) is 11.8 Å². The lowest BCUT2D eigenvalue weighted by molar-refractivity contribution is -0.125. The van der Waals surface area contributed by atoms with Crippen molar-refractivity contribution in [2.45, 2.75) is 26.7 Å². The van der Waals surface area contributed by atoms with E-state index in [9.17, 15) is 4.79 Å². The smallest absolute Gasteiger partial charge is 0.140 e. The van der Waals surface area contributed by atoms with Crippen molar-refractivity contribution >= 4 is 17.5 Å². The summed E-state index contributed by atoms with van der Waals surface area (Å²) < 4.78 is 0. The van der Waals surface area contributed by atoms with E-state index in [-0.39, 0.29) is 0 Å². The van der Waals surface area contributed by atoms with E-state index in [1.54, 1.807) is 0 Å². The van der Waals surface area contributed by atoms with Crippen LogP contribution in [0.15, 0.2) is 0 Å². The zero-order chi connectivity index (χ0) is 8.27. The van der Waals surface area contributed by atoms with Crippen molar-refractivity contribution in [2.75, 3.05) is 11.5 Å². The number of Topliss-reactive ketones (excluding diaryl/α,β-unsaturated/α-hetero) is 1. The second kappa shape index (κ2) is 4.15. The number of rotatable bonds is 2. The number of hydrogen-bond donors (Lipinski definition) is 0. The molecule has 0 unspecified atom stereocenters. The van der Waals surface area contributed by atoms with Gasteiger partial charge in [0.25, 0.3) is 0 Å². The summed E-state index contributed by atoms with van der Waals surface area (Å²) in [7, 11) is 0. The molecule has 0 aromatic carbocycles. The Hall–Kier alpha value is 0.0200. The predicted molar refractivity (Wildman–Crippen MR) is 49.9 cm³/mol. The minimum absolute atomic E-state index is 0.360. The van der Waals surface area contributed by atoms with Crippen LogP contribution in [0.1, 0.15) is 26.7 Å². The molecule has 0 bridgehead atoms. The number of ketones is 1. The molecule has 0 amide bonds. The molecule has 0 aromatic heterocycles. The van der Waals surface area contributed by atoms with Crippen LogP contribution < -0.4 is 0 Å². The molecule has 1 heterocycles. The summed E-state index contributed by atoms with van der Waals surface area (Å²) in [5, 5.41) is 0. The Morgan fingerprint density at radius 3 is 2.09 bits per heavy atom. The fraction of sp³-hybridized carbons (Fsp3) is 0.889. The molecule has 0 N–H and O–H groups in total. The van der Waals surface area contributed by atoms with Gasteiger partial charge in [-0.1, -0.05) is 13.8 Å². The van der Waals surface area contributed by atoms with Crippen LogP contribution in [-0.4, -0.2) is 17.3 Å². The van der Waals surface area contributed by atoms with Crippen molar-refractivity contribution in [3.8, 4) is 0 Å². The minimum Gasteiger partial charge on any atom is -0.299 e. The number of hydrogen-bond acceptors (Lipinski definition) is 2. The molecule has 0 radical (unpaired) electrons. The molecule has 1 rings (SSSR count). The quantitative estimate of drug-likeness (QED) is 0.636. The van der Waals surface area contributed by atoms with E-state index in [1.807, 2.05) is 11.8 Å². The second-order valence-corrected chi connectivity index (χ2v) is 4.23. The molecule has 64 valence electrons. The van der Waals surface area contributed by atoms with Crippen molar-refractivity contribution in [3.05, 3.63) is 0 Å². The van der Waals surface area contributed by atoms with Gasteiger partial charge >= 0.3 is 0 Å². The van der Waals surface area contributed by atoms with Crippen LogP contribution in [0.4, 0.5) is 0 Å². The molecule has 0 aromatic rings. The van der Waals surface area contributed by atoms with E-state index in [2.05, 4.69) is 13.8 Å². The Morgan fingerprint density at radius 1 is 1.27 bits per heavy atom. The molecular weight excluding hydrogens is 156 g/mol. The maximum Gasteiger partial charge on any atom is 0.140 e. The standard InChI is InChI=1S/C9H16OS/c1-3-7-5-11-6-8(4-2)9(7)10/h7-8H,3-6H2,1-2H3/t7-,8+. The fourth-order valence-electron chi connectivity index (χ4n) is 1.49. The first-order valence-electron chi connectivity index (χ1n) is 4.41. The highest BCUT2D eigenvalue weighted by molar-refractivity contribution is 7.99. The van der Waals surface area contributed by atoms with Crippen molar-refractivity contribution in [1.82, 2.24) is 0 Å². The molecule has 0 spiro atoms. The third kappa shape index (κ3) is 1.98. The molecule has 0 aliphatic carbocycles. The van der Waals surface area contributed by atoms with Crippen molar-refractivity contribution < 1.29 is 4.79 Å². The number of carbonyl (C=O) groups excluding carboxylic acids is 1. The zero-order valence-corrected chi connectivity index (χ0v) is 8.12. The van der Waals surface area contributed by atoms with Gasteiger partial charge in [-0.05, 0) is 12.8 Å². The SMILES string of the molecule is CC[C@@H]1CSC[C@H](CC)C1=O. The van der Waals surface area contributed by atoms with Gasteiger partial charge in [-0.25, -0.2) is 0 Å². The molecule has 0 saturated carbocycles. The van der Waals surface area contributed by atoms with Crippen molar-refractivity contribution in [2.24, 2.45) is 11.8 Å². The zero-order valence-electron chi connectivity index (χ0n) is 7.30. The average Bonchev–Trinajstić information content (AvgIpc) is 2.05. The largest absolute Gasteiger partial charge is 0.299 e. The summed E-state index contributed by atoms with van der Waals surface area (Å²) in [4.78, 5) is 11.6. The van der Waals surface area contributed by atoms with Crippen molar-refractivity contribution in [1.29, 1.82) is 0 Å². The fourth-order valence-corrected chi connectivity index (χ4v) is 2.99. The van der Waals surface area contributed by atoms with Crippen LogP contribution in [0.5, 0.6) is 0 Å². The summed E-state index contributed by atoms with van der Waals surface area (Å²) in [5.74, 6) is 3.36. The normalized spacial score (nSPS) is 32.4. The molecule has 1 saturated heterocycles. The van der Waals surface area contributed by atoms with E-state index in [0.717, 1.165) is 24.3 Å². The van der Waals surface area contributed by atoms with Crippen LogP contribution in [0.25, 0.3) is 0 Å². The van der Waals surface area contributed by atoms with Gasteiger partial charge in [-0.2, -0.15) is 11.8 Å². The third-order valence-electron chi connectivity index (χ3n) is 2.43. The molecular formula is C9H16OS. The third-order valence-corrected chi connectivity index (χ3v) is 3.70. The first kappa shape index (κ1) is 9.11. The van der Waals surface area contributed by atoms with Crippen molar-refractivity contribution in [3.63, 3.8) is 0 Å². The highest BCUT2D eigenvalue weighted by Crippen LogP contribution is 2.27. The summed E-state index contributed by atoms with van der Waals surface area (Å²) >= 11 is 1.94. The Kier molecular flexibility index (Phi) is 3.44. The highest BCUT2D eigenvalue weighted by atomic mass is 32.2. The molecule has 1 aliphatic heterocycles. The van der Waals surface area contributed by atoms with Gasteiger partial charge in [-0.3, -0.25) is 4.79 Å². The molecule has 1 fully saturated rings. The molecule has 2 atom stereocenters. The number of thioether (sulfide) groups is 1. The summed E-state index contributed by atoms with van der Waals surface area (Å²) in [6.07, 6.45) is 2.06. The first-order chi connectivity index (χ1) is 5.29. The summed E-state index contributed by atoms with van der Waals surface area (Å²) in [6.45, 7) is 4.22. The Labute approximate surface area is 72.9 Å².